The van der Waals surface area contributed by atoms with E-state index in [1.54, 1.807) is 6.92 Å². The van der Waals surface area contributed by atoms with Crippen molar-refractivity contribution in [3.8, 4) is 0 Å². The minimum absolute atomic E-state index is 0.189. The van der Waals surface area contributed by atoms with Crippen LogP contribution >= 0.6 is 0 Å². The van der Waals surface area contributed by atoms with Gasteiger partial charge in [0.25, 0.3) is 5.91 Å². The molecule has 0 aromatic rings. The number of allylic oxidation sites excluding steroid dienone is 2. The quantitative estimate of drug-likeness (QED) is 0.203. The fourth-order valence-corrected chi connectivity index (χ4v) is 2.65. The van der Waals surface area contributed by atoms with Crippen LogP contribution in [0.3, 0.4) is 0 Å². The summed E-state index contributed by atoms with van der Waals surface area (Å²) in [6, 6.07) is 0. The molecule has 1 N–H and O–H groups in total. The van der Waals surface area contributed by atoms with Crippen LogP contribution in [-0.2, 0) is 9.59 Å². The number of amides is 2. The molecule has 0 bridgehead atoms. The molecule has 0 fully saturated rings. The Morgan fingerprint density at radius 2 is 1.28 bits per heavy atom. The van der Waals surface area contributed by atoms with Crippen molar-refractivity contribution in [1.29, 1.82) is 0 Å². The minimum atomic E-state index is -0.363. The maximum absolute atomic E-state index is 11.5. The van der Waals surface area contributed by atoms with E-state index in [1.807, 2.05) is 0 Å². The maximum Gasteiger partial charge on any atom is 0.252 e. The lowest BCUT2D eigenvalue weighted by atomic mass is 10.1. The minimum Gasteiger partial charge on any atom is -0.293 e. The molecule has 0 aromatic carbocycles. The predicted octanol–water partition coefficient (Wildman–Crippen LogP) is 6.24. The van der Waals surface area contributed by atoms with E-state index in [2.05, 4.69) is 31.0 Å². The van der Waals surface area contributed by atoms with Crippen molar-refractivity contribution in [3.63, 3.8) is 0 Å². The van der Waals surface area contributed by atoms with E-state index in [0.717, 1.165) is 19.3 Å². The largest absolute Gasteiger partial charge is 0.293 e. The molecular formula is C22H39NO2. The first-order valence-electron chi connectivity index (χ1n) is 10.2. The van der Waals surface area contributed by atoms with Crippen LogP contribution in [0.5, 0.6) is 0 Å². The third kappa shape index (κ3) is 17.2. The molecule has 0 radical (unpaired) electrons. The highest BCUT2D eigenvalue weighted by atomic mass is 16.2. The third-order valence-corrected chi connectivity index (χ3v) is 4.31. The highest BCUT2D eigenvalue weighted by Gasteiger charge is 2.07. The summed E-state index contributed by atoms with van der Waals surface area (Å²) in [7, 11) is 0. The highest BCUT2D eigenvalue weighted by molar-refractivity contribution is 6.03. The second-order valence-electron chi connectivity index (χ2n) is 6.99. The summed E-state index contributed by atoms with van der Waals surface area (Å²) in [5, 5.41) is 2.34. The van der Waals surface area contributed by atoms with Crippen molar-refractivity contribution in [2.45, 2.75) is 104 Å². The molecule has 0 rings (SSSR count). The standard InChI is InChI=1S/C22H39NO2/c1-4-5-6-7-8-9-10-11-12-13-14-15-16-17-18-19-21(24)23-22(25)20(2)3/h11-12H,2,4-10,13-19H2,1,3H3,(H,23,24,25). The van der Waals surface area contributed by atoms with E-state index in [-0.39, 0.29) is 11.8 Å². The van der Waals surface area contributed by atoms with Gasteiger partial charge in [-0.25, -0.2) is 0 Å². The summed E-state index contributed by atoms with van der Waals surface area (Å²) in [5.74, 6) is -0.552. The first-order chi connectivity index (χ1) is 12.1. The normalized spacial score (nSPS) is 11.0. The van der Waals surface area contributed by atoms with E-state index >= 15 is 0 Å². The Morgan fingerprint density at radius 3 is 1.80 bits per heavy atom. The number of rotatable bonds is 16. The highest BCUT2D eigenvalue weighted by Crippen LogP contribution is 2.10. The van der Waals surface area contributed by atoms with Gasteiger partial charge in [0.15, 0.2) is 0 Å². The summed E-state index contributed by atoms with van der Waals surface area (Å²) in [6.45, 7) is 7.37. The predicted molar refractivity (Wildman–Crippen MR) is 107 cm³/mol. The molecule has 2 amide bonds. The molecule has 0 spiro atoms. The van der Waals surface area contributed by atoms with Crippen LogP contribution in [0.4, 0.5) is 0 Å². The van der Waals surface area contributed by atoms with Gasteiger partial charge in [-0.2, -0.15) is 0 Å². The molecule has 3 nitrogen and oxygen atoms in total. The molecule has 0 unspecified atom stereocenters. The first kappa shape index (κ1) is 23.6. The Bertz CT molecular complexity index is 399. The van der Waals surface area contributed by atoms with E-state index in [9.17, 15) is 9.59 Å². The van der Waals surface area contributed by atoms with Crippen molar-refractivity contribution in [3.05, 3.63) is 24.3 Å². The number of hydrogen-bond acceptors (Lipinski definition) is 2. The van der Waals surface area contributed by atoms with Gasteiger partial charge < -0.3 is 0 Å². The first-order valence-corrected chi connectivity index (χ1v) is 10.2. The summed E-state index contributed by atoms with van der Waals surface area (Å²) in [5.41, 5.74) is 0.373. The fourth-order valence-electron chi connectivity index (χ4n) is 2.65. The Balaban J connectivity index is 3.30. The van der Waals surface area contributed by atoms with Crippen molar-refractivity contribution >= 4 is 11.8 Å². The topological polar surface area (TPSA) is 46.2 Å². The van der Waals surface area contributed by atoms with E-state index in [0.29, 0.717) is 12.0 Å². The number of carbonyl (C=O) groups is 2. The molecule has 144 valence electrons. The SMILES string of the molecule is C=C(C)C(=O)NC(=O)CCCCCCCC=CCCCCCCCC. The Hall–Kier alpha value is -1.38. The Kier molecular flexibility index (Phi) is 16.5. The van der Waals surface area contributed by atoms with E-state index in [1.165, 1.54) is 64.2 Å². The number of carbonyl (C=O) groups excluding carboxylic acids is 2. The molecule has 0 aliphatic carbocycles. The molecule has 0 heterocycles. The van der Waals surface area contributed by atoms with Crippen LogP contribution in [0.25, 0.3) is 0 Å². The third-order valence-electron chi connectivity index (χ3n) is 4.31. The van der Waals surface area contributed by atoms with Crippen LogP contribution < -0.4 is 5.32 Å². The van der Waals surface area contributed by atoms with Crippen LogP contribution in [0.15, 0.2) is 24.3 Å². The number of hydrogen-bond donors (Lipinski definition) is 1. The second kappa shape index (κ2) is 17.4. The van der Waals surface area contributed by atoms with Crippen molar-refractivity contribution in [2.75, 3.05) is 0 Å². The zero-order valence-electron chi connectivity index (χ0n) is 16.6. The molecule has 0 atom stereocenters. The monoisotopic (exact) mass is 349 g/mol. The van der Waals surface area contributed by atoms with Crippen LogP contribution in [0, 0.1) is 0 Å². The van der Waals surface area contributed by atoms with Gasteiger partial charge in [-0.1, -0.05) is 77.0 Å². The summed E-state index contributed by atoms with van der Waals surface area (Å²) >= 11 is 0. The molecule has 25 heavy (non-hydrogen) atoms. The van der Waals surface area contributed by atoms with Crippen molar-refractivity contribution in [2.24, 2.45) is 0 Å². The number of nitrogens with one attached hydrogen (secondary N) is 1. The van der Waals surface area contributed by atoms with Gasteiger partial charge in [-0.15, -0.1) is 0 Å². The van der Waals surface area contributed by atoms with E-state index in [4.69, 9.17) is 0 Å². The summed E-state index contributed by atoms with van der Waals surface area (Å²) in [6.07, 6.45) is 21.2. The zero-order chi connectivity index (χ0) is 18.8. The van der Waals surface area contributed by atoms with Crippen LogP contribution in [0.1, 0.15) is 104 Å². The van der Waals surface area contributed by atoms with Gasteiger partial charge in [0, 0.05) is 12.0 Å². The smallest absolute Gasteiger partial charge is 0.252 e. The molecule has 0 saturated heterocycles. The molecule has 3 heteroatoms. The zero-order valence-corrected chi connectivity index (χ0v) is 16.6. The van der Waals surface area contributed by atoms with Crippen LogP contribution in [-0.4, -0.2) is 11.8 Å². The summed E-state index contributed by atoms with van der Waals surface area (Å²) in [4.78, 5) is 22.8. The second-order valence-corrected chi connectivity index (χ2v) is 6.99. The van der Waals surface area contributed by atoms with Gasteiger partial charge in [0.1, 0.15) is 0 Å². The number of imide groups is 1. The lowest BCUT2D eigenvalue weighted by Crippen LogP contribution is -2.30. The van der Waals surface area contributed by atoms with Crippen LogP contribution in [0.2, 0.25) is 0 Å². The van der Waals surface area contributed by atoms with Gasteiger partial charge in [0.05, 0.1) is 0 Å². The number of unbranched alkanes of at least 4 members (excludes halogenated alkanes) is 11. The Labute approximate surface area is 155 Å². The van der Waals surface area contributed by atoms with Gasteiger partial charge in [-0.05, 0) is 39.0 Å². The Morgan fingerprint density at radius 1 is 0.800 bits per heavy atom. The molecule has 0 saturated carbocycles. The molecule has 0 aromatic heterocycles. The molecule has 0 aliphatic heterocycles. The van der Waals surface area contributed by atoms with Gasteiger partial charge in [0.2, 0.25) is 5.91 Å². The lowest BCUT2D eigenvalue weighted by Gasteiger charge is -2.03. The van der Waals surface area contributed by atoms with Crippen molar-refractivity contribution in [1.82, 2.24) is 5.32 Å². The van der Waals surface area contributed by atoms with E-state index < -0.39 is 0 Å². The van der Waals surface area contributed by atoms with Gasteiger partial charge >= 0.3 is 0 Å². The average Bonchev–Trinajstić information content (AvgIpc) is 2.58. The average molecular weight is 350 g/mol. The van der Waals surface area contributed by atoms with Gasteiger partial charge in [-0.3, -0.25) is 14.9 Å². The molecule has 0 aliphatic rings. The fraction of sp³-hybridized carbons (Fsp3) is 0.727. The van der Waals surface area contributed by atoms with Crippen molar-refractivity contribution < 1.29 is 9.59 Å². The maximum atomic E-state index is 11.5. The summed E-state index contributed by atoms with van der Waals surface area (Å²) < 4.78 is 0. The molecular weight excluding hydrogens is 310 g/mol. The lowest BCUT2D eigenvalue weighted by molar-refractivity contribution is -0.128.